The van der Waals surface area contributed by atoms with Crippen LogP contribution >= 0.6 is 0 Å². The summed E-state index contributed by atoms with van der Waals surface area (Å²) in [5.74, 6) is 7.37. The second-order valence-electron chi connectivity index (χ2n) is 8.94. The first-order chi connectivity index (χ1) is 11.0. The lowest BCUT2D eigenvalue weighted by Gasteiger charge is -2.50. The predicted octanol–water partition coefficient (Wildman–Crippen LogP) is 3.98. The van der Waals surface area contributed by atoms with Crippen molar-refractivity contribution in [2.24, 2.45) is 17.3 Å². The largest absolute Gasteiger partial charge is 0.377 e. The molecule has 0 aromatic carbocycles. The first-order valence-corrected chi connectivity index (χ1v) is 9.57. The fourth-order valence-electron chi connectivity index (χ4n) is 7.02. The molecule has 1 saturated heterocycles. The van der Waals surface area contributed by atoms with Crippen LogP contribution in [0.5, 0.6) is 0 Å². The molecule has 1 heterocycles. The molecule has 0 aromatic rings. The monoisotopic (exact) mass is 312 g/mol. The second-order valence-corrected chi connectivity index (χ2v) is 8.94. The number of hydrogen-bond acceptors (Lipinski definition) is 2. The summed E-state index contributed by atoms with van der Waals surface area (Å²) in [6.07, 6.45) is 13.0. The Morgan fingerprint density at radius 3 is 2.83 bits per heavy atom. The summed E-state index contributed by atoms with van der Waals surface area (Å²) < 4.78 is 6.51. The highest BCUT2D eigenvalue weighted by molar-refractivity contribution is 5.43. The predicted molar refractivity (Wildman–Crippen MR) is 89.7 cm³/mol. The van der Waals surface area contributed by atoms with E-state index in [0.717, 1.165) is 19.3 Å². The van der Waals surface area contributed by atoms with E-state index in [1.807, 2.05) is 6.92 Å². The van der Waals surface area contributed by atoms with Crippen LogP contribution in [0.1, 0.15) is 71.6 Å². The number of rotatable bonds is 0. The first kappa shape index (κ1) is 14.6. The molecule has 0 bridgehead atoms. The third-order valence-electron chi connectivity index (χ3n) is 8.29. The third kappa shape index (κ3) is 1.50. The van der Waals surface area contributed by atoms with Crippen molar-refractivity contribution in [2.75, 3.05) is 0 Å². The molecule has 0 aromatic heterocycles. The van der Waals surface area contributed by atoms with E-state index in [-0.39, 0.29) is 16.6 Å². The van der Waals surface area contributed by atoms with Gasteiger partial charge in [-0.3, -0.25) is 0 Å². The molecule has 2 heteroatoms. The molecule has 5 aliphatic rings. The van der Waals surface area contributed by atoms with E-state index < -0.39 is 5.60 Å². The molecule has 0 amide bonds. The van der Waals surface area contributed by atoms with Crippen molar-refractivity contribution < 1.29 is 9.84 Å². The van der Waals surface area contributed by atoms with E-state index in [0.29, 0.717) is 11.8 Å². The highest BCUT2D eigenvalue weighted by atomic mass is 16.6. The second kappa shape index (κ2) is 4.24. The number of fused-ring (bicyclic) bond motifs is 3. The van der Waals surface area contributed by atoms with Crippen LogP contribution in [-0.2, 0) is 4.74 Å². The van der Waals surface area contributed by atoms with Crippen LogP contribution < -0.4 is 0 Å². The number of epoxide rings is 1. The molecular weight excluding hydrogens is 284 g/mol. The minimum Gasteiger partial charge on any atom is -0.377 e. The highest BCUT2D eigenvalue weighted by Crippen LogP contribution is 2.72. The minimum absolute atomic E-state index is 0.0790. The number of aliphatic hydroxyl groups is 1. The maximum atomic E-state index is 11.2. The Bertz CT molecular complexity index is 654. The molecule has 6 atom stereocenters. The molecule has 5 rings (SSSR count). The highest BCUT2D eigenvalue weighted by Gasteiger charge is 2.76. The lowest BCUT2D eigenvalue weighted by molar-refractivity contribution is -0.0367. The van der Waals surface area contributed by atoms with Gasteiger partial charge in [-0.1, -0.05) is 31.8 Å². The number of allylic oxidation sites excluding steroid dienone is 1. The van der Waals surface area contributed by atoms with Gasteiger partial charge < -0.3 is 9.84 Å². The van der Waals surface area contributed by atoms with Gasteiger partial charge in [0.15, 0.2) is 0 Å². The van der Waals surface area contributed by atoms with Crippen LogP contribution in [0, 0.1) is 29.1 Å². The summed E-state index contributed by atoms with van der Waals surface area (Å²) in [6, 6.07) is 0. The molecule has 0 unspecified atom stereocenters. The van der Waals surface area contributed by atoms with Gasteiger partial charge in [-0.25, -0.2) is 0 Å². The van der Waals surface area contributed by atoms with Crippen molar-refractivity contribution in [2.45, 2.75) is 88.4 Å². The summed E-state index contributed by atoms with van der Waals surface area (Å²) in [7, 11) is 0. The average molecular weight is 312 g/mol. The van der Waals surface area contributed by atoms with Gasteiger partial charge in [-0.05, 0) is 69.3 Å². The number of ether oxygens (including phenoxy) is 1. The van der Waals surface area contributed by atoms with Crippen LogP contribution in [0.25, 0.3) is 0 Å². The molecule has 4 fully saturated rings. The van der Waals surface area contributed by atoms with Crippen LogP contribution in [0.15, 0.2) is 11.6 Å². The van der Waals surface area contributed by atoms with Crippen LogP contribution in [0.4, 0.5) is 0 Å². The maximum Gasteiger partial charge on any atom is 0.131 e. The van der Waals surface area contributed by atoms with Crippen molar-refractivity contribution in [1.82, 2.24) is 0 Å². The van der Waals surface area contributed by atoms with Crippen LogP contribution in [0.2, 0.25) is 0 Å². The normalized spacial score (nSPS) is 56.2. The van der Waals surface area contributed by atoms with Crippen LogP contribution in [-0.4, -0.2) is 21.9 Å². The van der Waals surface area contributed by atoms with Crippen molar-refractivity contribution in [3.8, 4) is 11.8 Å². The fourth-order valence-corrected chi connectivity index (χ4v) is 7.02. The molecule has 2 nitrogen and oxygen atoms in total. The zero-order valence-corrected chi connectivity index (χ0v) is 14.5. The van der Waals surface area contributed by atoms with Gasteiger partial charge in [-0.2, -0.15) is 0 Å². The Hall–Kier alpha value is -0.780. The summed E-state index contributed by atoms with van der Waals surface area (Å²) in [5, 5.41) is 11.2. The van der Waals surface area contributed by atoms with Gasteiger partial charge in [0.05, 0.1) is 0 Å². The molecule has 0 spiro atoms. The lowest BCUT2D eigenvalue weighted by Crippen LogP contribution is -2.51. The Morgan fingerprint density at radius 1 is 1.17 bits per heavy atom. The average Bonchev–Trinajstić information content (AvgIpc) is 3.17. The Morgan fingerprint density at radius 2 is 2.00 bits per heavy atom. The third-order valence-corrected chi connectivity index (χ3v) is 8.29. The molecule has 124 valence electrons. The van der Waals surface area contributed by atoms with Crippen LogP contribution in [0.3, 0.4) is 0 Å². The zero-order valence-electron chi connectivity index (χ0n) is 14.5. The van der Waals surface area contributed by atoms with Gasteiger partial charge >= 0.3 is 0 Å². The Kier molecular flexibility index (Phi) is 2.68. The van der Waals surface area contributed by atoms with Gasteiger partial charge in [-0.15, -0.1) is 5.92 Å². The Balaban J connectivity index is 1.56. The lowest BCUT2D eigenvalue weighted by atomic mass is 9.53. The molecular formula is C21H28O2. The van der Waals surface area contributed by atoms with E-state index in [1.165, 1.54) is 38.5 Å². The smallest absolute Gasteiger partial charge is 0.131 e. The quantitative estimate of drug-likeness (QED) is 0.417. The van der Waals surface area contributed by atoms with Crippen molar-refractivity contribution >= 4 is 0 Å². The van der Waals surface area contributed by atoms with E-state index in [1.54, 1.807) is 5.57 Å². The van der Waals surface area contributed by atoms with E-state index in [4.69, 9.17) is 4.74 Å². The fraction of sp³-hybridized carbons (Fsp3) is 0.810. The van der Waals surface area contributed by atoms with Gasteiger partial charge in [0.1, 0.15) is 16.8 Å². The van der Waals surface area contributed by atoms with Crippen molar-refractivity contribution in [3.63, 3.8) is 0 Å². The molecule has 23 heavy (non-hydrogen) atoms. The molecule has 4 aliphatic carbocycles. The number of hydrogen-bond donors (Lipinski definition) is 1. The summed E-state index contributed by atoms with van der Waals surface area (Å²) in [5.41, 5.74) is 1.06. The standard InChI is InChI=1S/C21H28O2/c1-3-9-19(22)13-8-16-15-6-14-20-10-4-5-11-21(20,23-20)17(15)7-12-18(16,19)2/h7,15-16,22H,4-6,8,10-14H2,1-2H3/t15-,16-,18-,19-,20-,21+/m0/s1. The molecule has 0 radical (unpaired) electrons. The van der Waals surface area contributed by atoms with Gasteiger partial charge in [0.25, 0.3) is 0 Å². The zero-order chi connectivity index (χ0) is 15.9. The van der Waals surface area contributed by atoms with Gasteiger partial charge in [0.2, 0.25) is 0 Å². The minimum atomic E-state index is -0.794. The van der Waals surface area contributed by atoms with Gasteiger partial charge in [0, 0.05) is 5.41 Å². The molecule has 1 N–H and O–H groups in total. The summed E-state index contributed by atoms with van der Waals surface area (Å²) >= 11 is 0. The topological polar surface area (TPSA) is 32.8 Å². The SMILES string of the molecule is CC#C[C@]1(O)CC[C@H]2[C@@H]3CC[C@@]45CCCC[C@@]4(O5)C3=CC[C@@]21C. The van der Waals surface area contributed by atoms with E-state index >= 15 is 0 Å². The van der Waals surface area contributed by atoms with Crippen molar-refractivity contribution in [3.05, 3.63) is 11.6 Å². The molecule has 3 saturated carbocycles. The maximum absolute atomic E-state index is 11.2. The summed E-state index contributed by atoms with van der Waals surface area (Å²) in [4.78, 5) is 0. The summed E-state index contributed by atoms with van der Waals surface area (Å²) in [6.45, 7) is 4.14. The Labute approximate surface area is 139 Å². The first-order valence-electron chi connectivity index (χ1n) is 9.57. The van der Waals surface area contributed by atoms with Crippen molar-refractivity contribution in [1.29, 1.82) is 0 Å². The molecule has 1 aliphatic heterocycles. The van der Waals surface area contributed by atoms with E-state index in [2.05, 4.69) is 24.8 Å². The van der Waals surface area contributed by atoms with E-state index in [9.17, 15) is 5.11 Å².